The summed E-state index contributed by atoms with van der Waals surface area (Å²) in [7, 11) is 0. The lowest BCUT2D eigenvalue weighted by atomic mass is 9.85. The first-order chi connectivity index (χ1) is 6.67. The first-order valence-electron chi connectivity index (χ1n) is 4.66. The molecule has 0 fully saturated rings. The van der Waals surface area contributed by atoms with Gasteiger partial charge in [-0.3, -0.25) is 4.79 Å². The Morgan fingerprint density at radius 1 is 1.50 bits per heavy atom. The van der Waals surface area contributed by atoms with E-state index in [0.717, 1.165) is 19.4 Å². The zero-order chi connectivity index (χ0) is 10.2. The van der Waals surface area contributed by atoms with Gasteiger partial charge >= 0.3 is 0 Å². The molecule has 0 bridgehead atoms. The van der Waals surface area contributed by atoms with E-state index in [-0.39, 0.29) is 0 Å². The van der Waals surface area contributed by atoms with E-state index >= 15 is 0 Å². The van der Waals surface area contributed by atoms with Crippen molar-refractivity contribution < 1.29 is 4.79 Å². The number of alkyl halides is 1. The Bertz CT molecular complexity index is 345. The van der Waals surface area contributed by atoms with Crippen LogP contribution in [-0.2, 0) is 4.79 Å². The van der Waals surface area contributed by atoms with E-state index in [4.69, 9.17) is 16.9 Å². The van der Waals surface area contributed by atoms with Crippen LogP contribution < -0.4 is 0 Å². The van der Waals surface area contributed by atoms with Crippen LogP contribution >= 0.6 is 11.6 Å². The summed E-state index contributed by atoms with van der Waals surface area (Å²) in [6, 6.07) is 2.15. The second-order valence-electron chi connectivity index (χ2n) is 3.97. The van der Waals surface area contributed by atoms with Gasteiger partial charge in [0, 0.05) is 19.5 Å². The largest absolute Gasteiger partial charge is 0.337 e. The van der Waals surface area contributed by atoms with Crippen LogP contribution in [0.5, 0.6) is 0 Å². The van der Waals surface area contributed by atoms with Crippen molar-refractivity contribution in [2.75, 3.05) is 13.1 Å². The molecule has 1 atom stereocenters. The minimum Gasteiger partial charge on any atom is -0.337 e. The van der Waals surface area contributed by atoms with Crippen molar-refractivity contribution in [1.29, 1.82) is 5.26 Å². The summed E-state index contributed by atoms with van der Waals surface area (Å²) in [5.41, 5.74) is 2.50. The number of rotatable bonds is 1. The Balaban J connectivity index is 2.15. The van der Waals surface area contributed by atoms with Crippen LogP contribution in [0.1, 0.15) is 19.3 Å². The minimum atomic E-state index is -0.724. The van der Waals surface area contributed by atoms with Gasteiger partial charge in [-0.2, -0.15) is 5.26 Å². The van der Waals surface area contributed by atoms with E-state index in [1.165, 1.54) is 11.1 Å². The lowest BCUT2D eigenvalue weighted by Crippen LogP contribution is -2.24. The van der Waals surface area contributed by atoms with E-state index in [1.54, 1.807) is 4.90 Å². The first kappa shape index (κ1) is 9.54. The number of halogens is 1. The van der Waals surface area contributed by atoms with Gasteiger partial charge in [0.25, 0.3) is 0 Å². The molecule has 0 saturated carbocycles. The Labute approximate surface area is 87.9 Å². The molecular formula is C10H11ClN2O. The molecule has 1 aliphatic heterocycles. The highest BCUT2D eigenvalue weighted by atomic mass is 35.5. The summed E-state index contributed by atoms with van der Waals surface area (Å²) in [4.78, 5) is 11.6. The maximum absolute atomic E-state index is 10.6. The molecule has 1 aliphatic carbocycles. The topological polar surface area (TPSA) is 44.1 Å². The molecule has 2 rings (SSSR count). The average molecular weight is 211 g/mol. The molecule has 0 radical (unpaired) electrons. The van der Waals surface area contributed by atoms with Crippen LogP contribution in [0, 0.1) is 11.3 Å². The molecule has 0 saturated heterocycles. The van der Waals surface area contributed by atoms with Crippen LogP contribution in [0.15, 0.2) is 11.1 Å². The summed E-state index contributed by atoms with van der Waals surface area (Å²) in [5.74, 6) is 0. The molecule has 1 heterocycles. The Hall–Kier alpha value is -1.01. The van der Waals surface area contributed by atoms with Crippen molar-refractivity contribution in [3.05, 3.63) is 11.1 Å². The van der Waals surface area contributed by atoms with Crippen molar-refractivity contribution in [2.45, 2.75) is 24.1 Å². The summed E-state index contributed by atoms with van der Waals surface area (Å²) >= 11 is 6.11. The Kier molecular flexibility index (Phi) is 2.24. The Morgan fingerprint density at radius 3 is 2.86 bits per heavy atom. The van der Waals surface area contributed by atoms with Crippen molar-refractivity contribution in [1.82, 2.24) is 4.90 Å². The molecule has 2 aliphatic rings. The molecule has 0 aromatic rings. The molecule has 0 spiro atoms. The monoisotopic (exact) mass is 210 g/mol. The molecule has 14 heavy (non-hydrogen) atoms. The van der Waals surface area contributed by atoms with Crippen molar-refractivity contribution in [3.63, 3.8) is 0 Å². The summed E-state index contributed by atoms with van der Waals surface area (Å²) in [6.07, 6.45) is 3.04. The molecule has 74 valence electrons. The van der Waals surface area contributed by atoms with Gasteiger partial charge in [-0.15, -0.1) is 11.6 Å². The maximum Gasteiger partial charge on any atom is 0.210 e. The maximum atomic E-state index is 10.6. The van der Waals surface area contributed by atoms with Gasteiger partial charge in [0.05, 0.1) is 6.07 Å². The second kappa shape index (κ2) is 3.29. The van der Waals surface area contributed by atoms with Crippen LogP contribution in [0.3, 0.4) is 0 Å². The third-order valence-electron chi connectivity index (χ3n) is 2.95. The number of carbonyl (C=O) groups excluding carboxylic acids is 1. The quantitative estimate of drug-likeness (QED) is 0.374. The predicted molar refractivity (Wildman–Crippen MR) is 52.7 cm³/mol. The van der Waals surface area contributed by atoms with Gasteiger partial charge in [-0.05, 0) is 24.0 Å². The van der Waals surface area contributed by atoms with Crippen molar-refractivity contribution in [3.8, 4) is 6.07 Å². The summed E-state index contributed by atoms with van der Waals surface area (Å²) < 4.78 is 0. The molecule has 0 aromatic heterocycles. The number of hydrogen-bond acceptors (Lipinski definition) is 2. The van der Waals surface area contributed by atoms with E-state index in [0.29, 0.717) is 19.4 Å². The van der Waals surface area contributed by atoms with Gasteiger partial charge in [-0.25, -0.2) is 0 Å². The van der Waals surface area contributed by atoms with Crippen LogP contribution in [0.2, 0.25) is 0 Å². The number of nitriles is 1. The fourth-order valence-corrected chi connectivity index (χ4v) is 2.41. The van der Waals surface area contributed by atoms with Gasteiger partial charge in [-0.1, -0.05) is 0 Å². The van der Waals surface area contributed by atoms with Crippen LogP contribution in [-0.4, -0.2) is 29.3 Å². The van der Waals surface area contributed by atoms with Crippen LogP contribution in [0.4, 0.5) is 0 Å². The van der Waals surface area contributed by atoms with E-state index in [9.17, 15) is 4.79 Å². The highest BCUT2D eigenvalue weighted by Crippen LogP contribution is 2.39. The van der Waals surface area contributed by atoms with Gasteiger partial charge in [0.2, 0.25) is 6.41 Å². The van der Waals surface area contributed by atoms with Crippen molar-refractivity contribution >= 4 is 18.0 Å². The summed E-state index contributed by atoms with van der Waals surface area (Å²) in [5, 5.41) is 8.91. The lowest BCUT2D eigenvalue weighted by Gasteiger charge is -2.25. The fraction of sp³-hybridized carbons (Fsp3) is 0.600. The molecule has 0 N–H and O–H groups in total. The number of amides is 1. The lowest BCUT2D eigenvalue weighted by molar-refractivity contribution is -0.117. The molecule has 3 nitrogen and oxygen atoms in total. The van der Waals surface area contributed by atoms with Gasteiger partial charge in [0.1, 0.15) is 4.87 Å². The third kappa shape index (κ3) is 1.51. The SMILES string of the molecule is N#CC1(Cl)CCC2=C(CN(C=O)C2)C1. The molecule has 0 aromatic carbocycles. The first-order valence-corrected chi connectivity index (χ1v) is 5.04. The molecule has 4 heteroatoms. The standard InChI is InChI=1S/C10H11ClN2O/c11-10(6-12)2-1-8-4-13(7-14)5-9(8)3-10/h7H,1-5H2. The van der Waals surface area contributed by atoms with E-state index in [2.05, 4.69) is 6.07 Å². The molecule has 1 unspecified atom stereocenters. The predicted octanol–water partition coefficient (Wildman–Crippen LogP) is 1.44. The highest BCUT2D eigenvalue weighted by molar-refractivity contribution is 6.26. The van der Waals surface area contributed by atoms with Crippen LogP contribution in [0.25, 0.3) is 0 Å². The molecule has 1 amide bonds. The summed E-state index contributed by atoms with van der Waals surface area (Å²) in [6.45, 7) is 1.40. The van der Waals surface area contributed by atoms with Gasteiger partial charge in [0.15, 0.2) is 0 Å². The van der Waals surface area contributed by atoms with Crippen molar-refractivity contribution in [2.24, 2.45) is 0 Å². The third-order valence-corrected chi connectivity index (χ3v) is 3.36. The fourth-order valence-electron chi connectivity index (χ4n) is 2.15. The Morgan fingerprint density at radius 2 is 2.21 bits per heavy atom. The normalized spacial score (nSPS) is 31.3. The average Bonchev–Trinajstić information content (AvgIpc) is 2.59. The zero-order valence-corrected chi connectivity index (χ0v) is 8.55. The zero-order valence-electron chi connectivity index (χ0n) is 7.79. The van der Waals surface area contributed by atoms with Gasteiger partial charge < -0.3 is 4.90 Å². The highest BCUT2D eigenvalue weighted by Gasteiger charge is 2.36. The second-order valence-corrected chi connectivity index (χ2v) is 4.69. The van der Waals surface area contributed by atoms with E-state index in [1.807, 2.05) is 0 Å². The number of nitrogens with zero attached hydrogens (tertiary/aromatic N) is 2. The number of carbonyl (C=O) groups is 1. The minimum absolute atomic E-state index is 0.616. The molecular weight excluding hydrogens is 200 g/mol. The van der Waals surface area contributed by atoms with E-state index < -0.39 is 4.87 Å². The smallest absolute Gasteiger partial charge is 0.210 e. The number of hydrogen-bond donors (Lipinski definition) is 0.